The molecular formula is C17H26N4O4. The van der Waals surface area contributed by atoms with Crippen LogP contribution in [0.1, 0.15) is 44.5 Å². The van der Waals surface area contributed by atoms with Crippen LogP contribution in [0.5, 0.6) is 0 Å². The second-order valence-corrected chi connectivity index (χ2v) is 7.25. The quantitative estimate of drug-likeness (QED) is 0.864. The van der Waals surface area contributed by atoms with Crippen molar-refractivity contribution in [3.8, 4) is 0 Å². The minimum absolute atomic E-state index is 0.0155. The van der Waals surface area contributed by atoms with Crippen LogP contribution in [-0.4, -0.2) is 58.4 Å². The number of nitrogens with zero attached hydrogens (tertiary/aromatic N) is 3. The summed E-state index contributed by atoms with van der Waals surface area (Å²) in [6.45, 7) is 7.04. The molecule has 8 heteroatoms. The number of aryl methyl sites for hydroxylation is 1. The van der Waals surface area contributed by atoms with Crippen LogP contribution < -0.4 is 5.32 Å². The van der Waals surface area contributed by atoms with Crippen molar-refractivity contribution >= 4 is 11.8 Å². The minimum atomic E-state index is -0.106. The van der Waals surface area contributed by atoms with Gasteiger partial charge in [0.1, 0.15) is 11.4 Å². The smallest absolute Gasteiger partial charge is 0.226 e. The number of hydrogen-bond donors (Lipinski definition) is 1. The highest BCUT2D eigenvalue weighted by Crippen LogP contribution is 2.28. The highest BCUT2D eigenvalue weighted by molar-refractivity contribution is 5.81. The Kier molecular flexibility index (Phi) is 5.36. The molecule has 2 heterocycles. The second kappa shape index (κ2) is 7.51. The Hall–Kier alpha value is -1.96. The van der Waals surface area contributed by atoms with E-state index in [2.05, 4.69) is 20.3 Å². The van der Waals surface area contributed by atoms with Gasteiger partial charge in [-0.05, 0) is 40.0 Å². The summed E-state index contributed by atoms with van der Waals surface area (Å²) in [5, 5.41) is 10.4. The molecule has 1 saturated carbocycles. The van der Waals surface area contributed by atoms with Gasteiger partial charge in [0.15, 0.2) is 0 Å². The van der Waals surface area contributed by atoms with Gasteiger partial charge in [0.05, 0.1) is 18.6 Å². The summed E-state index contributed by atoms with van der Waals surface area (Å²) in [7, 11) is 0. The maximum absolute atomic E-state index is 12.8. The lowest BCUT2D eigenvalue weighted by molar-refractivity contribution is -0.147. The van der Waals surface area contributed by atoms with Gasteiger partial charge in [0, 0.05) is 25.0 Å². The van der Waals surface area contributed by atoms with Crippen LogP contribution in [0.4, 0.5) is 0 Å². The molecule has 4 atom stereocenters. The molecule has 1 aliphatic heterocycles. The molecule has 0 radical (unpaired) electrons. The van der Waals surface area contributed by atoms with Gasteiger partial charge in [-0.3, -0.25) is 9.59 Å². The Morgan fingerprint density at radius 3 is 2.56 bits per heavy atom. The molecule has 0 aromatic carbocycles. The van der Waals surface area contributed by atoms with Gasteiger partial charge in [-0.25, -0.2) is 4.63 Å². The fourth-order valence-electron chi connectivity index (χ4n) is 3.79. The third-order valence-electron chi connectivity index (χ3n) is 4.95. The third-order valence-corrected chi connectivity index (χ3v) is 4.95. The Labute approximate surface area is 147 Å². The van der Waals surface area contributed by atoms with Crippen molar-refractivity contribution in [3.63, 3.8) is 0 Å². The zero-order valence-electron chi connectivity index (χ0n) is 15.0. The summed E-state index contributed by atoms with van der Waals surface area (Å²) >= 11 is 0. The van der Waals surface area contributed by atoms with E-state index in [1.807, 2.05) is 18.7 Å². The van der Waals surface area contributed by atoms with Crippen LogP contribution in [0.3, 0.4) is 0 Å². The molecule has 1 aromatic heterocycles. The molecule has 8 nitrogen and oxygen atoms in total. The molecule has 1 aromatic rings. The normalized spacial score (nSPS) is 29.6. The monoisotopic (exact) mass is 350 g/mol. The maximum Gasteiger partial charge on any atom is 0.226 e. The van der Waals surface area contributed by atoms with E-state index < -0.39 is 0 Å². The van der Waals surface area contributed by atoms with Gasteiger partial charge in [-0.1, -0.05) is 10.3 Å². The molecule has 25 heavy (non-hydrogen) atoms. The van der Waals surface area contributed by atoms with E-state index in [0.717, 1.165) is 12.8 Å². The van der Waals surface area contributed by atoms with E-state index in [0.29, 0.717) is 30.9 Å². The second-order valence-electron chi connectivity index (χ2n) is 7.25. The number of hydrogen-bond acceptors (Lipinski definition) is 6. The van der Waals surface area contributed by atoms with Crippen molar-refractivity contribution in [2.45, 2.75) is 64.7 Å². The van der Waals surface area contributed by atoms with E-state index in [-0.39, 0.29) is 42.4 Å². The number of ether oxygens (including phenoxy) is 1. The van der Waals surface area contributed by atoms with Crippen LogP contribution in [0.25, 0.3) is 0 Å². The number of carbonyl (C=O) groups is 2. The fourth-order valence-corrected chi connectivity index (χ4v) is 3.79. The van der Waals surface area contributed by atoms with Crippen molar-refractivity contribution in [2.75, 3.05) is 13.1 Å². The molecular weight excluding hydrogens is 324 g/mol. The van der Waals surface area contributed by atoms with Gasteiger partial charge in [-0.15, -0.1) is 0 Å². The van der Waals surface area contributed by atoms with E-state index in [4.69, 9.17) is 4.74 Å². The predicted octanol–water partition coefficient (Wildman–Crippen LogP) is 0.841. The molecule has 138 valence electrons. The summed E-state index contributed by atoms with van der Waals surface area (Å²) in [4.78, 5) is 26.8. The summed E-state index contributed by atoms with van der Waals surface area (Å²) in [5.41, 5.74) is 1.18. The lowest BCUT2D eigenvalue weighted by atomic mass is 10.0. The predicted molar refractivity (Wildman–Crippen MR) is 88.6 cm³/mol. The van der Waals surface area contributed by atoms with Gasteiger partial charge in [0.2, 0.25) is 11.8 Å². The first-order valence-corrected chi connectivity index (χ1v) is 8.94. The molecule has 2 aliphatic rings. The topological polar surface area (TPSA) is 97.6 Å². The van der Waals surface area contributed by atoms with Crippen molar-refractivity contribution in [1.29, 1.82) is 0 Å². The lowest BCUT2D eigenvalue weighted by Crippen LogP contribution is -2.50. The van der Waals surface area contributed by atoms with Crippen LogP contribution in [0, 0.1) is 12.8 Å². The molecule has 2 fully saturated rings. The molecule has 1 N–H and O–H groups in total. The number of amides is 2. The van der Waals surface area contributed by atoms with Crippen molar-refractivity contribution in [1.82, 2.24) is 20.5 Å². The van der Waals surface area contributed by atoms with Crippen LogP contribution in [-0.2, 0) is 20.7 Å². The van der Waals surface area contributed by atoms with Gasteiger partial charge >= 0.3 is 0 Å². The first-order chi connectivity index (χ1) is 11.9. The van der Waals surface area contributed by atoms with E-state index in [1.54, 1.807) is 6.92 Å². The number of carbonyl (C=O) groups excluding carboxylic acids is 2. The van der Waals surface area contributed by atoms with Crippen molar-refractivity contribution in [3.05, 3.63) is 11.4 Å². The SMILES string of the molecule is Cc1nonc1CC(=O)N[C@@H]1CC[C@H](C(=O)N2C[C@@H](C)O[C@@H](C)C2)C1. The lowest BCUT2D eigenvalue weighted by Gasteiger charge is -2.36. The average Bonchev–Trinajstić information content (AvgIpc) is 3.15. The summed E-state index contributed by atoms with van der Waals surface area (Å²) in [6, 6.07) is 0.0394. The van der Waals surface area contributed by atoms with Crippen LogP contribution in [0.15, 0.2) is 4.63 Å². The minimum Gasteiger partial charge on any atom is -0.372 e. The van der Waals surface area contributed by atoms with E-state index >= 15 is 0 Å². The van der Waals surface area contributed by atoms with Crippen LogP contribution in [0.2, 0.25) is 0 Å². The molecule has 0 spiro atoms. The molecule has 1 saturated heterocycles. The molecule has 2 amide bonds. The summed E-state index contributed by atoms with van der Waals surface area (Å²) in [6.07, 6.45) is 2.64. The standard InChI is InChI=1S/C17H26N4O4/c1-10-8-21(9-11(2)24-10)17(23)13-4-5-14(6-13)18-16(22)7-15-12(3)19-25-20-15/h10-11,13-14H,4-9H2,1-3H3,(H,18,22)/t10-,11+,13-,14+/m0/s1. The number of rotatable bonds is 4. The highest BCUT2D eigenvalue weighted by atomic mass is 16.6. The first kappa shape index (κ1) is 17.8. The molecule has 3 rings (SSSR count). The Morgan fingerprint density at radius 1 is 1.20 bits per heavy atom. The highest BCUT2D eigenvalue weighted by Gasteiger charge is 2.35. The molecule has 1 aliphatic carbocycles. The largest absolute Gasteiger partial charge is 0.372 e. The van der Waals surface area contributed by atoms with Crippen LogP contribution >= 0.6 is 0 Å². The Morgan fingerprint density at radius 2 is 1.92 bits per heavy atom. The zero-order valence-corrected chi connectivity index (χ0v) is 15.0. The van der Waals surface area contributed by atoms with E-state index in [9.17, 15) is 9.59 Å². The van der Waals surface area contributed by atoms with Crippen molar-refractivity contribution < 1.29 is 19.0 Å². The zero-order chi connectivity index (χ0) is 18.0. The first-order valence-electron chi connectivity index (χ1n) is 8.94. The number of nitrogens with one attached hydrogen (secondary N) is 1. The van der Waals surface area contributed by atoms with E-state index in [1.165, 1.54) is 0 Å². The van der Waals surface area contributed by atoms with Crippen molar-refractivity contribution in [2.24, 2.45) is 5.92 Å². The number of morpholine rings is 1. The van der Waals surface area contributed by atoms with Gasteiger partial charge in [0.25, 0.3) is 0 Å². The number of aromatic nitrogens is 2. The summed E-state index contributed by atoms with van der Waals surface area (Å²) < 4.78 is 10.3. The molecule has 0 bridgehead atoms. The maximum atomic E-state index is 12.8. The van der Waals surface area contributed by atoms with Gasteiger partial charge < -0.3 is 15.0 Å². The average molecular weight is 350 g/mol. The Bertz CT molecular complexity index is 622. The fraction of sp³-hybridized carbons (Fsp3) is 0.765. The third kappa shape index (κ3) is 4.36. The van der Waals surface area contributed by atoms with Gasteiger partial charge in [-0.2, -0.15) is 0 Å². The summed E-state index contributed by atoms with van der Waals surface area (Å²) in [5.74, 6) is 0.0686. The Balaban J connectivity index is 1.49. The molecule has 0 unspecified atom stereocenters.